The Hall–Kier alpha value is -1.19. The zero-order valence-electron chi connectivity index (χ0n) is 10.9. The molecule has 3 heteroatoms. The van der Waals surface area contributed by atoms with Crippen molar-refractivity contribution in [3.8, 4) is 11.3 Å². The van der Waals surface area contributed by atoms with Gasteiger partial charge >= 0.3 is 0 Å². The molecule has 3 rings (SSSR count). The lowest BCUT2D eigenvalue weighted by molar-refractivity contribution is 0.587. The maximum absolute atomic E-state index is 4.82. The summed E-state index contributed by atoms with van der Waals surface area (Å²) in [7, 11) is 0. The smallest absolute Gasteiger partial charge is 0.107 e. The van der Waals surface area contributed by atoms with E-state index in [1.807, 2.05) is 11.3 Å². The minimum absolute atomic E-state index is 0.512. The standard InChI is InChI=1S/C15H18N2S/c1-10(2)16-9-14-17-15-12-6-4-3-5-11(12)7-8-13(15)18-14/h3-6,10,16H,7-9H2,1-2H3. The number of hydrogen-bond acceptors (Lipinski definition) is 3. The van der Waals surface area contributed by atoms with Crippen molar-refractivity contribution in [1.29, 1.82) is 0 Å². The molecule has 1 N–H and O–H groups in total. The highest BCUT2D eigenvalue weighted by molar-refractivity contribution is 7.12. The Kier molecular flexibility index (Phi) is 3.18. The lowest BCUT2D eigenvalue weighted by Gasteiger charge is -2.13. The van der Waals surface area contributed by atoms with Gasteiger partial charge in [-0.1, -0.05) is 38.1 Å². The zero-order chi connectivity index (χ0) is 12.5. The molecule has 0 atom stereocenters. The molecule has 18 heavy (non-hydrogen) atoms. The maximum atomic E-state index is 4.82. The van der Waals surface area contributed by atoms with Gasteiger partial charge in [0.1, 0.15) is 5.01 Å². The van der Waals surface area contributed by atoms with Crippen LogP contribution in [0.1, 0.15) is 29.3 Å². The number of nitrogens with zero attached hydrogens (tertiary/aromatic N) is 1. The third-order valence-corrected chi connectivity index (χ3v) is 4.41. The number of rotatable bonds is 3. The first kappa shape index (κ1) is 11.9. The van der Waals surface area contributed by atoms with Gasteiger partial charge in [0.15, 0.2) is 0 Å². The molecular weight excluding hydrogens is 240 g/mol. The molecule has 1 aliphatic carbocycles. The maximum Gasteiger partial charge on any atom is 0.107 e. The van der Waals surface area contributed by atoms with Gasteiger partial charge in [0.2, 0.25) is 0 Å². The van der Waals surface area contributed by atoms with Crippen molar-refractivity contribution in [3.05, 3.63) is 39.7 Å². The molecule has 0 unspecified atom stereocenters. The number of hydrogen-bond donors (Lipinski definition) is 1. The average Bonchev–Trinajstić information content (AvgIpc) is 2.79. The van der Waals surface area contributed by atoms with Crippen molar-refractivity contribution >= 4 is 11.3 Å². The van der Waals surface area contributed by atoms with E-state index < -0.39 is 0 Å². The van der Waals surface area contributed by atoms with Gasteiger partial charge in [0.05, 0.1) is 5.69 Å². The molecular formula is C15H18N2S. The van der Waals surface area contributed by atoms with E-state index in [-0.39, 0.29) is 0 Å². The van der Waals surface area contributed by atoms with Crippen LogP contribution < -0.4 is 5.32 Å². The first-order valence-corrected chi connectivity index (χ1v) is 7.36. The second-order valence-corrected chi connectivity index (χ2v) is 6.24. The van der Waals surface area contributed by atoms with Crippen LogP contribution >= 0.6 is 11.3 Å². The molecule has 1 aromatic carbocycles. The second kappa shape index (κ2) is 4.82. The van der Waals surface area contributed by atoms with Crippen LogP contribution in [0.4, 0.5) is 0 Å². The van der Waals surface area contributed by atoms with E-state index in [4.69, 9.17) is 4.98 Å². The summed E-state index contributed by atoms with van der Waals surface area (Å²) in [4.78, 5) is 6.27. The molecule has 1 aromatic heterocycles. The van der Waals surface area contributed by atoms with Gasteiger partial charge in [-0.05, 0) is 18.4 Å². The van der Waals surface area contributed by atoms with E-state index >= 15 is 0 Å². The van der Waals surface area contributed by atoms with Crippen LogP contribution in [0.25, 0.3) is 11.3 Å². The van der Waals surface area contributed by atoms with E-state index in [1.54, 1.807) is 0 Å². The molecule has 0 amide bonds. The second-order valence-electron chi connectivity index (χ2n) is 5.07. The van der Waals surface area contributed by atoms with Gasteiger partial charge in [0, 0.05) is 23.0 Å². The number of aromatic nitrogens is 1. The summed E-state index contributed by atoms with van der Waals surface area (Å²) in [6.07, 6.45) is 2.30. The summed E-state index contributed by atoms with van der Waals surface area (Å²) in [6.45, 7) is 5.23. The highest BCUT2D eigenvalue weighted by Gasteiger charge is 2.20. The molecule has 0 fully saturated rings. The number of thiazole rings is 1. The molecule has 0 bridgehead atoms. The van der Waals surface area contributed by atoms with Gasteiger partial charge in [-0.2, -0.15) is 0 Å². The van der Waals surface area contributed by atoms with Gasteiger partial charge in [0.25, 0.3) is 0 Å². The van der Waals surface area contributed by atoms with Crippen molar-refractivity contribution in [3.63, 3.8) is 0 Å². The van der Waals surface area contributed by atoms with Crippen LogP contribution in [0, 0.1) is 0 Å². The molecule has 0 aliphatic heterocycles. The molecule has 2 aromatic rings. The Labute approximate surface area is 112 Å². The molecule has 0 spiro atoms. The van der Waals surface area contributed by atoms with Crippen molar-refractivity contribution in [2.75, 3.05) is 0 Å². The Morgan fingerprint density at radius 3 is 2.94 bits per heavy atom. The van der Waals surface area contributed by atoms with E-state index in [1.165, 1.54) is 26.7 Å². The molecule has 0 radical (unpaired) electrons. The van der Waals surface area contributed by atoms with E-state index in [0.717, 1.165) is 19.4 Å². The fourth-order valence-electron chi connectivity index (χ4n) is 2.36. The van der Waals surface area contributed by atoms with Crippen molar-refractivity contribution in [2.45, 2.75) is 39.3 Å². The Morgan fingerprint density at radius 1 is 1.28 bits per heavy atom. The summed E-state index contributed by atoms with van der Waals surface area (Å²) in [5.74, 6) is 0. The molecule has 94 valence electrons. The van der Waals surface area contributed by atoms with E-state index in [9.17, 15) is 0 Å². The van der Waals surface area contributed by atoms with E-state index in [0.29, 0.717) is 6.04 Å². The fraction of sp³-hybridized carbons (Fsp3) is 0.400. The van der Waals surface area contributed by atoms with Gasteiger partial charge in [-0.3, -0.25) is 0 Å². The van der Waals surface area contributed by atoms with Crippen molar-refractivity contribution in [2.24, 2.45) is 0 Å². The Balaban J connectivity index is 1.92. The summed E-state index contributed by atoms with van der Waals surface area (Å²) < 4.78 is 0. The van der Waals surface area contributed by atoms with Crippen LogP contribution in [0.5, 0.6) is 0 Å². The Bertz CT molecular complexity index is 557. The fourth-order valence-corrected chi connectivity index (χ4v) is 3.40. The lowest BCUT2D eigenvalue weighted by Crippen LogP contribution is -2.21. The lowest BCUT2D eigenvalue weighted by atomic mass is 9.94. The topological polar surface area (TPSA) is 24.9 Å². The zero-order valence-corrected chi connectivity index (χ0v) is 11.7. The highest BCUT2D eigenvalue weighted by atomic mass is 32.1. The number of fused-ring (bicyclic) bond motifs is 3. The number of benzene rings is 1. The summed E-state index contributed by atoms with van der Waals surface area (Å²) in [5, 5.41) is 4.66. The van der Waals surface area contributed by atoms with Crippen LogP contribution in [-0.2, 0) is 19.4 Å². The van der Waals surface area contributed by atoms with Gasteiger partial charge in [-0.15, -0.1) is 11.3 Å². The SMILES string of the molecule is CC(C)NCc1nc2c(s1)CCc1ccccc1-2. The summed E-state index contributed by atoms with van der Waals surface area (Å²) in [5.41, 5.74) is 4.01. The first-order valence-electron chi connectivity index (χ1n) is 6.54. The third-order valence-electron chi connectivity index (χ3n) is 3.30. The average molecular weight is 258 g/mol. The number of aryl methyl sites for hydroxylation is 2. The third kappa shape index (κ3) is 2.20. The first-order chi connectivity index (χ1) is 8.74. The molecule has 1 aliphatic rings. The van der Waals surface area contributed by atoms with Crippen LogP contribution in [0.3, 0.4) is 0 Å². The molecule has 0 saturated carbocycles. The van der Waals surface area contributed by atoms with Crippen LogP contribution in [0.2, 0.25) is 0 Å². The molecule has 0 saturated heterocycles. The summed E-state index contributed by atoms with van der Waals surface area (Å²) in [6, 6.07) is 9.17. The van der Waals surface area contributed by atoms with Crippen molar-refractivity contribution < 1.29 is 0 Å². The highest BCUT2D eigenvalue weighted by Crippen LogP contribution is 2.36. The van der Waals surface area contributed by atoms with Crippen molar-refractivity contribution in [1.82, 2.24) is 10.3 Å². The van der Waals surface area contributed by atoms with Gasteiger partial charge < -0.3 is 5.32 Å². The monoisotopic (exact) mass is 258 g/mol. The molecule has 2 nitrogen and oxygen atoms in total. The largest absolute Gasteiger partial charge is 0.308 e. The quantitative estimate of drug-likeness (QED) is 0.912. The minimum Gasteiger partial charge on any atom is -0.308 e. The minimum atomic E-state index is 0.512. The Morgan fingerprint density at radius 2 is 2.11 bits per heavy atom. The van der Waals surface area contributed by atoms with E-state index in [2.05, 4.69) is 43.4 Å². The van der Waals surface area contributed by atoms with Gasteiger partial charge in [-0.25, -0.2) is 4.98 Å². The number of nitrogens with one attached hydrogen (secondary N) is 1. The van der Waals surface area contributed by atoms with Crippen LogP contribution in [0.15, 0.2) is 24.3 Å². The normalized spacial score (nSPS) is 13.5. The predicted octanol–water partition coefficient (Wildman–Crippen LogP) is 3.41. The predicted molar refractivity (Wildman–Crippen MR) is 76.9 cm³/mol. The van der Waals surface area contributed by atoms with Crippen LogP contribution in [-0.4, -0.2) is 11.0 Å². The molecule has 1 heterocycles. The summed E-state index contributed by atoms with van der Waals surface area (Å²) >= 11 is 1.87.